The molecule has 2 aromatic heterocycles. The number of sulfonamides is 1. The molecule has 2 aromatic carbocycles. The van der Waals surface area contributed by atoms with Crippen LogP contribution in [0.15, 0.2) is 63.9 Å². The molecular formula is C22H21N5O4S. The predicted octanol–water partition coefficient (Wildman–Crippen LogP) is 2.89. The Labute approximate surface area is 185 Å². The minimum atomic E-state index is -3.68. The van der Waals surface area contributed by atoms with Gasteiger partial charge < -0.3 is 9.15 Å². The molecule has 0 radical (unpaired) electrons. The Kier molecular flexibility index (Phi) is 5.03. The highest BCUT2D eigenvalue weighted by Gasteiger charge is 2.33. The van der Waals surface area contributed by atoms with Gasteiger partial charge in [-0.1, -0.05) is 18.2 Å². The third-order valence-corrected chi connectivity index (χ3v) is 7.41. The molecular weight excluding hydrogens is 430 g/mol. The normalized spacial score (nSPS) is 14.3. The number of fused-ring (bicyclic) bond motifs is 1. The molecule has 0 aliphatic carbocycles. The van der Waals surface area contributed by atoms with E-state index in [0.717, 1.165) is 16.8 Å². The lowest BCUT2D eigenvalue weighted by atomic mass is 10.1. The Morgan fingerprint density at radius 3 is 2.44 bits per heavy atom. The third-order valence-electron chi connectivity index (χ3n) is 5.55. The molecule has 0 saturated carbocycles. The zero-order valence-electron chi connectivity index (χ0n) is 17.6. The maximum Gasteiger partial charge on any atom is 0.268 e. The van der Waals surface area contributed by atoms with E-state index in [9.17, 15) is 8.42 Å². The van der Waals surface area contributed by atoms with Gasteiger partial charge in [0, 0.05) is 43.4 Å². The molecule has 5 rings (SSSR count). The quantitative estimate of drug-likeness (QED) is 0.460. The second kappa shape index (κ2) is 7.88. The van der Waals surface area contributed by atoms with Gasteiger partial charge in [-0.15, -0.1) is 10.2 Å². The number of nitrogens with zero attached hydrogens (tertiary/aromatic N) is 5. The van der Waals surface area contributed by atoms with Gasteiger partial charge in [0.2, 0.25) is 15.9 Å². The molecule has 32 heavy (non-hydrogen) atoms. The van der Waals surface area contributed by atoms with Crippen LogP contribution in [0.5, 0.6) is 5.75 Å². The van der Waals surface area contributed by atoms with E-state index in [4.69, 9.17) is 9.15 Å². The Bertz CT molecular complexity index is 1360. The lowest BCUT2D eigenvalue weighted by Gasteiger charge is -2.26. The number of aryl methyl sites for hydroxylation is 1. The van der Waals surface area contributed by atoms with E-state index in [0.29, 0.717) is 30.3 Å². The summed E-state index contributed by atoms with van der Waals surface area (Å²) in [5.41, 5.74) is 3.05. The second-order valence-electron chi connectivity index (χ2n) is 7.44. The maximum absolute atomic E-state index is 13.2. The first-order valence-electron chi connectivity index (χ1n) is 10.1. The SMILES string of the molecule is COc1ccc(S(=O)(=O)N2CCc3c(c(-c4nnc(-c5ccccc5)o4)nn3C)C2)cc1. The Balaban J connectivity index is 1.48. The van der Waals surface area contributed by atoms with Gasteiger partial charge in [0.15, 0.2) is 5.69 Å². The first-order valence-corrected chi connectivity index (χ1v) is 11.5. The fraction of sp³-hybridized carbons (Fsp3) is 0.227. The van der Waals surface area contributed by atoms with Gasteiger partial charge in [0.25, 0.3) is 5.89 Å². The summed E-state index contributed by atoms with van der Waals surface area (Å²) >= 11 is 0. The van der Waals surface area contributed by atoms with Crippen molar-refractivity contribution in [3.05, 3.63) is 65.9 Å². The molecule has 1 aliphatic heterocycles. The molecule has 3 heterocycles. The number of hydrogen-bond acceptors (Lipinski definition) is 7. The Hall–Kier alpha value is -3.50. The fourth-order valence-electron chi connectivity index (χ4n) is 3.86. The average molecular weight is 452 g/mol. The molecule has 0 N–H and O–H groups in total. The second-order valence-corrected chi connectivity index (χ2v) is 9.38. The van der Waals surface area contributed by atoms with Crippen LogP contribution in [0.1, 0.15) is 11.3 Å². The van der Waals surface area contributed by atoms with Gasteiger partial charge >= 0.3 is 0 Å². The summed E-state index contributed by atoms with van der Waals surface area (Å²) in [6.07, 6.45) is 0.536. The molecule has 0 amide bonds. The molecule has 0 atom stereocenters. The number of rotatable bonds is 5. The fourth-order valence-corrected chi connectivity index (χ4v) is 5.27. The van der Waals surface area contributed by atoms with Gasteiger partial charge in [-0.2, -0.15) is 9.40 Å². The van der Waals surface area contributed by atoms with Crippen molar-refractivity contribution in [3.63, 3.8) is 0 Å². The summed E-state index contributed by atoms with van der Waals surface area (Å²) in [6.45, 7) is 0.537. The van der Waals surface area contributed by atoms with E-state index in [1.54, 1.807) is 36.1 Å². The summed E-state index contributed by atoms with van der Waals surface area (Å²) in [7, 11) is -0.303. The van der Waals surface area contributed by atoms with E-state index in [-0.39, 0.29) is 17.3 Å². The molecule has 0 fully saturated rings. The van der Waals surface area contributed by atoms with Crippen LogP contribution in [0.2, 0.25) is 0 Å². The van der Waals surface area contributed by atoms with Crippen LogP contribution in [0.4, 0.5) is 0 Å². The zero-order chi connectivity index (χ0) is 22.3. The lowest BCUT2D eigenvalue weighted by molar-refractivity contribution is 0.385. The first kappa shape index (κ1) is 20.4. The minimum Gasteiger partial charge on any atom is -0.497 e. The summed E-state index contributed by atoms with van der Waals surface area (Å²) < 4.78 is 40.7. The van der Waals surface area contributed by atoms with Crippen LogP contribution in [0.3, 0.4) is 0 Å². The van der Waals surface area contributed by atoms with Crippen molar-refractivity contribution in [3.8, 4) is 28.8 Å². The molecule has 0 unspecified atom stereocenters. The monoisotopic (exact) mass is 451 g/mol. The van der Waals surface area contributed by atoms with Crippen molar-refractivity contribution < 1.29 is 17.6 Å². The van der Waals surface area contributed by atoms with Crippen LogP contribution in [0.25, 0.3) is 23.0 Å². The van der Waals surface area contributed by atoms with E-state index in [1.165, 1.54) is 4.31 Å². The molecule has 0 bridgehead atoms. The molecule has 0 saturated heterocycles. The van der Waals surface area contributed by atoms with E-state index < -0.39 is 10.0 Å². The van der Waals surface area contributed by atoms with Crippen molar-refractivity contribution in [2.24, 2.45) is 7.05 Å². The molecule has 4 aromatic rings. The highest BCUT2D eigenvalue weighted by Crippen LogP contribution is 2.33. The van der Waals surface area contributed by atoms with Crippen LogP contribution in [-0.4, -0.2) is 46.4 Å². The summed E-state index contributed by atoms with van der Waals surface area (Å²) in [4.78, 5) is 0.219. The summed E-state index contributed by atoms with van der Waals surface area (Å²) in [5.74, 6) is 1.26. The topological polar surface area (TPSA) is 103 Å². The van der Waals surface area contributed by atoms with Crippen molar-refractivity contribution in [2.45, 2.75) is 17.9 Å². The van der Waals surface area contributed by atoms with Crippen LogP contribution >= 0.6 is 0 Å². The Morgan fingerprint density at radius 1 is 1.00 bits per heavy atom. The number of aromatic nitrogens is 4. The van der Waals surface area contributed by atoms with Gasteiger partial charge in [0.05, 0.1) is 12.0 Å². The van der Waals surface area contributed by atoms with Crippen molar-refractivity contribution >= 4 is 10.0 Å². The lowest BCUT2D eigenvalue weighted by Crippen LogP contribution is -2.36. The van der Waals surface area contributed by atoms with Crippen LogP contribution < -0.4 is 4.74 Å². The molecule has 164 valence electrons. The smallest absolute Gasteiger partial charge is 0.268 e. The maximum atomic E-state index is 13.2. The molecule has 9 nitrogen and oxygen atoms in total. The van der Waals surface area contributed by atoms with Gasteiger partial charge in [0.1, 0.15) is 5.75 Å². The highest BCUT2D eigenvalue weighted by molar-refractivity contribution is 7.89. The number of methoxy groups -OCH3 is 1. The van der Waals surface area contributed by atoms with Crippen LogP contribution in [0, 0.1) is 0 Å². The number of benzene rings is 2. The van der Waals surface area contributed by atoms with E-state index in [2.05, 4.69) is 15.3 Å². The van der Waals surface area contributed by atoms with Gasteiger partial charge in [-0.05, 0) is 36.4 Å². The van der Waals surface area contributed by atoms with Crippen molar-refractivity contribution in [2.75, 3.05) is 13.7 Å². The Morgan fingerprint density at radius 2 is 1.72 bits per heavy atom. The van der Waals surface area contributed by atoms with Crippen molar-refractivity contribution in [1.82, 2.24) is 24.3 Å². The highest BCUT2D eigenvalue weighted by atomic mass is 32.2. The first-order chi connectivity index (χ1) is 15.5. The average Bonchev–Trinajstić information content (AvgIpc) is 3.44. The molecule has 1 aliphatic rings. The third kappa shape index (κ3) is 3.47. The zero-order valence-corrected chi connectivity index (χ0v) is 18.4. The predicted molar refractivity (Wildman–Crippen MR) is 116 cm³/mol. The standard InChI is InChI=1S/C22H21N5O4S/c1-26-19-12-13-27(32(28,29)17-10-8-16(30-2)9-11-17)14-18(19)20(25-26)22-24-23-21(31-22)15-6-4-3-5-7-15/h3-11H,12-14H2,1-2H3. The summed E-state index contributed by atoms with van der Waals surface area (Å²) in [5, 5.41) is 12.9. The van der Waals surface area contributed by atoms with Crippen molar-refractivity contribution in [1.29, 1.82) is 0 Å². The number of hydrogen-bond donors (Lipinski definition) is 0. The minimum absolute atomic E-state index is 0.177. The van der Waals surface area contributed by atoms with Gasteiger partial charge in [-0.25, -0.2) is 8.42 Å². The number of ether oxygens (including phenoxy) is 1. The molecule has 10 heteroatoms. The van der Waals surface area contributed by atoms with E-state index in [1.807, 2.05) is 37.4 Å². The van der Waals surface area contributed by atoms with Crippen LogP contribution in [-0.2, 0) is 30.0 Å². The summed E-state index contributed by atoms with van der Waals surface area (Å²) in [6, 6.07) is 15.8. The molecule has 0 spiro atoms. The largest absolute Gasteiger partial charge is 0.497 e. The van der Waals surface area contributed by atoms with Gasteiger partial charge in [-0.3, -0.25) is 4.68 Å². The van der Waals surface area contributed by atoms with E-state index >= 15 is 0 Å².